The van der Waals surface area contributed by atoms with Crippen molar-refractivity contribution in [2.24, 2.45) is 0 Å². The molecule has 0 fully saturated rings. The first kappa shape index (κ1) is 26.9. The Kier molecular flexibility index (Phi) is 8.75. The summed E-state index contributed by atoms with van der Waals surface area (Å²) in [5.41, 5.74) is 3.59. The number of nitrogens with one attached hydrogen (secondary N) is 2. The molecule has 10 heteroatoms. The van der Waals surface area contributed by atoms with E-state index in [2.05, 4.69) is 27.8 Å². The zero-order valence-electron chi connectivity index (χ0n) is 21.3. The molecule has 0 radical (unpaired) electrons. The molecule has 0 aliphatic heterocycles. The lowest BCUT2D eigenvalue weighted by atomic mass is 10.1. The number of rotatable bonds is 10. The van der Waals surface area contributed by atoms with E-state index in [0.717, 1.165) is 23.2 Å². The van der Waals surface area contributed by atoms with Gasteiger partial charge in [-0.25, -0.2) is 4.39 Å². The summed E-state index contributed by atoms with van der Waals surface area (Å²) in [5, 5.41) is 14.7. The number of para-hydroxylation sites is 2. The smallest absolute Gasteiger partial charge is 0.251 e. The largest absolute Gasteiger partial charge is 0.497 e. The average Bonchev–Trinajstić information content (AvgIpc) is 3.33. The highest BCUT2D eigenvalue weighted by Gasteiger charge is 2.20. The molecule has 4 aromatic rings. The number of ether oxygens (including phenoxy) is 1. The maximum absolute atomic E-state index is 14.0. The number of aromatic nitrogens is 3. The van der Waals surface area contributed by atoms with Gasteiger partial charge < -0.3 is 15.4 Å². The van der Waals surface area contributed by atoms with Crippen molar-refractivity contribution in [3.8, 4) is 11.4 Å². The van der Waals surface area contributed by atoms with Crippen LogP contribution < -0.4 is 15.4 Å². The molecule has 8 nitrogen and oxygen atoms in total. The van der Waals surface area contributed by atoms with Crippen LogP contribution in [0.25, 0.3) is 5.69 Å². The predicted molar refractivity (Wildman–Crippen MR) is 145 cm³/mol. The molecule has 1 heterocycles. The summed E-state index contributed by atoms with van der Waals surface area (Å²) in [7, 11) is 1.57. The molecule has 196 valence electrons. The van der Waals surface area contributed by atoms with Crippen molar-refractivity contribution in [1.82, 2.24) is 20.1 Å². The molecular weight excluding hydrogens is 505 g/mol. The number of benzene rings is 3. The molecule has 0 unspecified atom stereocenters. The van der Waals surface area contributed by atoms with Gasteiger partial charge in [0.05, 0.1) is 30.8 Å². The van der Waals surface area contributed by atoms with E-state index in [1.165, 1.54) is 23.9 Å². The lowest BCUT2D eigenvalue weighted by Gasteiger charge is -2.17. The van der Waals surface area contributed by atoms with Gasteiger partial charge in [0.15, 0.2) is 11.0 Å². The summed E-state index contributed by atoms with van der Waals surface area (Å²) < 4.78 is 21.0. The monoisotopic (exact) mass is 533 g/mol. The van der Waals surface area contributed by atoms with E-state index >= 15 is 0 Å². The molecule has 2 N–H and O–H groups in total. The zero-order valence-corrected chi connectivity index (χ0v) is 22.1. The van der Waals surface area contributed by atoms with Crippen LogP contribution >= 0.6 is 11.8 Å². The summed E-state index contributed by atoms with van der Waals surface area (Å²) in [6.07, 6.45) is 0.769. The van der Waals surface area contributed by atoms with Gasteiger partial charge in [0.2, 0.25) is 5.91 Å². The van der Waals surface area contributed by atoms with Gasteiger partial charge in [-0.1, -0.05) is 49.0 Å². The Balaban J connectivity index is 1.57. The van der Waals surface area contributed by atoms with E-state index in [4.69, 9.17) is 4.74 Å². The van der Waals surface area contributed by atoms with E-state index < -0.39 is 5.82 Å². The van der Waals surface area contributed by atoms with Gasteiger partial charge in [-0.05, 0) is 60.9 Å². The molecular formula is C28H28FN5O3S. The van der Waals surface area contributed by atoms with Crippen LogP contribution in [0, 0.1) is 12.7 Å². The third-order valence-corrected chi connectivity index (χ3v) is 6.79. The van der Waals surface area contributed by atoms with Gasteiger partial charge in [-0.3, -0.25) is 14.2 Å². The van der Waals surface area contributed by atoms with Crippen molar-refractivity contribution < 1.29 is 18.7 Å². The minimum absolute atomic E-state index is 0.00197. The molecule has 0 saturated carbocycles. The second-order valence-corrected chi connectivity index (χ2v) is 9.34. The Morgan fingerprint density at radius 3 is 2.50 bits per heavy atom. The molecule has 0 saturated heterocycles. The minimum Gasteiger partial charge on any atom is -0.497 e. The second kappa shape index (κ2) is 12.4. The van der Waals surface area contributed by atoms with E-state index in [-0.39, 0.29) is 29.8 Å². The predicted octanol–water partition coefficient (Wildman–Crippen LogP) is 4.95. The van der Waals surface area contributed by atoms with Gasteiger partial charge in [0, 0.05) is 5.56 Å². The summed E-state index contributed by atoms with van der Waals surface area (Å²) in [4.78, 5) is 25.4. The van der Waals surface area contributed by atoms with Crippen molar-refractivity contribution in [2.45, 2.75) is 32.0 Å². The number of amides is 2. The highest BCUT2D eigenvalue weighted by atomic mass is 32.2. The molecule has 1 aromatic heterocycles. The molecule has 0 atom stereocenters. The normalized spacial score (nSPS) is 10.7. The van der Waals surface area contributed by atoms with Crippen molar-refractivity contribution in [2.75, 3.05) is 18.2 Å². The van der Waals surface area contributed by atoms with Crippen LogP contribution in [0.4, 0.5) is 10.1 Å². The standard InChI is InChI=1S/C28H28FN5O3S/c1-4-19-9-7-8-18(2)26(19)34-24(16-30-27(36)20-12-14-21(37-3)15-13-20)32-33-28(34)38-17-25(35)31-23-11-6-5-10-22(23)29/h5-15H,4,16-17H2,1-3H3,(H,30,36)(H,31,35). The number of carbonyl (C=O) groups excluding carboxylic acids is 2. The summed E-state index contributed by atoms with van der Waals surface area (Å²) in [6, 6.07) is 18.8. The summed E-state index contributed by atoms with van der Waals surface area (Å²) in [5.74, 6) is 0.0430. The van der Waals surface area contributed by atoms with Gasteiger partial charge in [-0.15, -0.1) is 10.2 Å². The number of halogens is 1. The molecule has 2 amide bonds. The van der Waals surface area contributed by atoms with Crippen LogP contribution in [-0.4, -0.2) is 39.4 Å². The number of aryl methyl sites for hydroxylation is 2. The first-order chi connectivity index (χ1) is 18.4. The van der Waals surface area contributed by atoms with E-state index in [1.54, 1.807) is 43.5 Å². The van der Waals surface area contributed by atoms with Crippen molar-refractivity contribution in [3.05, 3.63) is 95.1 Å². The fourth-order valence-corrected chi connectivity index (χ4v) is 4.70. The third kappa shape index (κ3) is 6.20. The number of nitrogens with zero attached hydrogens (tertiary/aromatic N) is 3. The van der Waals surface area contributed by atoms with Crippen LogP contribution in [0.1, 0.15) is 34.2 Å². The Morgan fingerprint density at radius 1 is 1.03 bits per heavy atom. The van der Waals surface area contributed by atoms with E-state index in [1.807, 2.05) is 29.7 Å². The Labute approximate surface area is 224 Å². The number of hydrogen-bond donors (Lipinski definition) is 2. The number of thioether (sulfide) groups is 1. The van der Waals surface area contributed by atoms with Crippen LogP contribution in [0.3, 0.4) is 0 Å². The van der Waals surface area contributed by atoms with Gasteiger partial charge in [0.1, 0.15) is 11.6 Å². The van der Waals surface area contributed by atoms with Crippen LogP contribution in [0.15, 0.2) is 71.9 Å². The number of anilines is 1. The highest BCUT2D eigenvalue weighted by molar-refractivity contribution is 7.99. The van der Waals surface area contributed by atoms with Crippen LogP contribution in [0.5, 0.6) is 5.75 Å². The molecule has 3 aromatic carbocycles. The Morgan fingerprint density at radius 2 is 1.79 bits per heavy atom. The maximum atomic E-state index is 14.0. The van der Waals surface area contributed by atoms with Gasteiger partial charge in [-0.2, -0.15) is 0 Å². The third-order valence-electron chi connectivity index (χ3n) is 5.87. The quantitative estimate of drug-likeness (QED) is 0.280. The molecule has 0 aliphatic rings. The summed E-state index contributed by atoms with van der Waals surface area (Å²) in [6.45, 7) is 4.17. The lowest BCUT2D eigenvalue weighted by molar-refractivity contribution is -0.113. The van der Waals surface area contributed by atoms with Crippen molar-refractivity contribution >= 4 is 29.3 Å². The van der Waals surface area contributed by atoms with Crippen LogP contribution in [0.2, 0.25) is 0 Å². The maximum Gasteiger partial charge on any atom is 0.251 e. The van der Waals surface area contributed by atoms with Crippen LogP contribution in [-0.2, 0) is 17.8 Å². The Bertz CT molecular complexity index is 1440. The van der Waals surface area contributed by atoms with E-state index in [9.17, 15) is 14.0 Å². The Hall–Kier alpha value is -4.18. The number of carbonyl (C=O) groups is 2. The minimum atomic E-state index is -0.503. The lowest BCUT2D eigenvalue weighted by Crippen LogP contribution is -2.25. The van der Waals surface area contributed by atoms with Crippen molar-refractivity contribution in [3.63, 3.8) is 0 Å². The van der Waals surface area contributed by atoms with Gasteiger partial charge in [0.25, 0.3) is 5.91 Å². The van der Waals surface area contributed by atoms with Crippen molar-refractivity contribution in [1.29, 1.82) is 0 Å². The SMILES string of the molecule is CCc1cccc(C)c1-n1c(CNC(=O)c2ccc(OC)cc2)nnc1SCC(=O)Nc1ccccc1F. The molecule has 0 aliphatic carbocycles. The fourth-order valence-electron chi connectivity index (χ4n) is 3.94. The fraction of sp³-hybridized carbons (Fsp3) is 0.214. The average molecular weight is 534 g/mol. The number of methoxy groups -OCH3 is 1. The highest BCUT2D eigenvalue weighted by Crippen LogP contribution is 2.28. The molecule has 0 spiro atoms. The summed E-state index contributed by atoms with van der Waals surface area (Å²) >= 11 is 1.19. The van der Waals surface area contributed by atoms with Gasteiger partial charge >= 0.3 is 0 Å². The molecule has 0 bridgehead atoms. The zero-order chi connectivity index (χ0) is 27.1. The topological polar surface area (TPSA) is 98.1 Å². The first-order valence-electron chi connectivity index (χ1n) is 12.0. The first-order valence-corrected chi connectivity index (χ1v) is 13.0. The second-order valence-electron chi connectivity index (χ2n) is 8.40. The molecule has 38 heavy (non-hydrogen) atoms. The van der Waals surface area contributed by atoms with E-state index in [0.29, 0.717) is 22.3 Å². The molecule has 4 rings (SSSR count). The number of hydrogen-bond acceptors (Lipinski definition) is 6.